The van der Waals surface area contributed by atoms with Gasteiger partial charge in [-0.25, -0.2) is 4.79 Å². The molecule has 0 radical (unpaired) electrons. The molecule has 2 aromatic rings. The van der Waals surface area contributed by atoms with Crippen LogP contribution in [0.5, 0.6) is 5.75 Å². The number of likely N-dealkylation sites (tertiary alicyclic amines) is 1. The number of carbonyl (C=O) groups is 1. The molecule has 2 aromatic carbocycles. The van der Waals surface area contributed by atoms with Gasteiger partial charge < -0.3 is 14.6 Å². The molecule has 0 amide bonds. The average Bonchev–Trinajstić information content (AvgIpc) is 2.98. The largest absolute Gasteiger partial charge is 0.506 e. The van der Waals surface area contributed by atoms with Gasteiger partial charge in [-0.05, 0) is 73.1 Å². The highest BCUT2D eigenvalue weighted by atomic mass is 16.7. The third-order valence-corrected chi connectivity index (χ3v) is 6.19. The molecule has 1 saturated carbocycles. The summed E-state index contributed by atoms with van der Waals surface area (Å²) in [6.45, 7) is 2.62. The zero-order valence-corrected chi connectivity index (χ0v) is 17.0. The Kier molecular flexibility index (Phi) is 6.55. The van der Waals surface area contributed by atoms with Crippen LogP contribution < -0.4 is 4.74 Å². The number of piperidine rings is 1. The molecule has 1 aliphatic heterocycles. The smallest absolute Gasteiger partial charge is 0.490 e. The number of fused-ring (bicyclic) bond motifs is 1. The molecule has 0 bridgehead atoms. The van der Waals surface area contributed by atoms with E-state index < -0.39 is 6.16 Å². The van der Waals surface area contributed by atoms with E-state index in [1.54, 1.807) is 0 Å². The number of hydrogen-bond donors (Lipinski definition) is 1. The van der Waals surface area contributed by atoms with Crippen molar-refractivity contribution in [1.82, 2.24) is 4.90 Å². The van der Waals surface area contributed by atoms with Crippen molar-refractivity contribution in [3.05, 3.63) is 42.0 Å². The zero-order chi connectivity index (χ0) is 20.1. The summed E-state index contributed by atoms with van der Waals surface area (Å²) >= 11 is 0. The van der Waals surface area contributed by atoms with Gasteiger partial charge in [0.2, 0.25) is 0 Å². The molecular weight excluding hydrogens is 366 g/mol. The Labute approximate surface area is 172 Å². The molecule has 0 unspecified atom stereocenters. The van der Waals surface area contributed by atoms with Crippen molar-refractivity contribution in [2.45, 2.75) is 70.1 Å². The van der Waals surface area contributed by atoms with Gasteiger partial charge in [0, 0.05) is 19.6 Å². The Morgan fingerprint density at radius 3 is 2.31 bits per heavy atom. The van der Waals surface area contributed by atoms with Crippen LogP contribution in [0.25, 0.3) is 10.8 Å². The number of hydrogen-bond acceptors (Lipinski definition) is 4. The highest BCUT2D eigenvalue weighted by Gasteiger charge is 2.22. The molecule has 1 saturated heterocycles. The molecule has 1 aliphatic carbocycles. The lowest BCUT2D eigenvalue weighted by Crippen LogP contribution is -2.37. The first-order chi connectivity index (χ1) is 14.2. The van der Waals surface area contributed by atoms with Gasteiger partial charge in [0.1, 0.15) is 11.9 Å². The highest BCUT2D eigenvalue weighted by molar-refractivity contribution is 5.84. The van der Waals surface area contributed by atoms with E-state index in [4.69, 9.17) is 14.6 Å². The fraction of sp³-hybridized carbons (Fsp3) is 0.542. The molecular formula is C24H31NO4. The third kappa shape index (κ3) is 5.63. The first-order valence-corrected chi connectivity index (χ1v) is 11.0. The van der Waals surface area contributed by atoms with Crippen molar-refractivity contribution in [3.8, 4) is 5.75 Å². The van der Waals surface area contributed by atoms with Crippen LogP contribution in [0.1, 0.15) is 56.9 Å². The van der Waals surface area contributed by atoms with Gasteiger partial charge in [0.15, 0.2) is 0 Å². The Hall–Kier alpha value is -2.27. The van der Waals surface area contributed by atoms with E-state index >= 15 is 0 Å². The van der Waals surface area contributed by atoms with Crippen molar-refractivity contribution in [1.29, 1.82) is 0 Å². The van der Waals surface area contributed by atoms with Crippen molar-refractivity contribution < 1.29 is 19.4 Å². The summed E-state index contributed by atoms with van der Waals surface area (Å²) in [5.74, 6) is 0.984. The third-order valence-electron chi connectivity index (χ3n) is 6.19. The van der Waals surface area contributed by atoms with E-state index in [2.05, 4.69) is 41.3 Å². The SMILES string of the molecule is O=C(O)OC1CCN(Cc2ccc3cc(OC4CCCCCC4)ccc3c2)CC1. The minimum atomic E-state index is -1.17. The maximum absolute atomic E-state index is 10.7. The van der Waals surface area contributed by atoms with Crippen molar-refractivity contribution >= 4 is 16.9 Å². The molecule has 156 valence electrons. The molecule has 4 rings (SSSR count). The first-order valence-electron chi connectivity index (χ1n) is 11.0. The Balaban J connectivity index is 1.35. The minimum absolute atomic E-state index is 0.160. The number of carboxylic acid groups (broad SMARTS) is 1. The van der Waals surface area contributed by atoms with Crippen molar-refractivity contribution in [2.24, 2.45) is 0 Å². The minimum Gasteiger partial charge on any atom is -0.490 e. The summed E-state index contributed by atoms with van der Waals surface area (Å²) in [6.07, 6.45) is 8.15. The van der Waals surface area contributed by atoms with Gasteiger partial charge in [0.25, 0.3) is 0 Å². The predicted octanol–water partition coefficient (Wildman–Crippen LogP) is 5.60. The van der Waals surface area contributed by atoms with Crippen LogP contribution in [0.2, 0.25) is 0 Å². The van der Waals surface area contributed by atoms with Crippen LogP contribution in [0, 0.1) is 0 Å². The molecule has 2 fully saturated rings. The molecule has 1 heterocycles. The van der Waals surface area contributed by atoms with Gasteiger partial charge in [-0.1, -0.05) is 31.0 Å². The molecule has 0 spiro atoms. The average molecular weight is 398 g/mol. The first kappa shape index (κ1) is 20.0. The highest BCUT2D eigenvalue weighted by Crippen LogP contribution is 2.27. The second kappa shape index (κ2) is 9.49. The predicted molar refractivity (Wildman–Crippen MR) is 113 cm³/mol. The van der Waals surface area contributed by atoms with Gasteiger partial charge in [-0.2, -0.15) is 0 Å². The van der Waals surface area contributed by atoms with Crippen LogP contribution in [0.15, 0.2) is 36.4 Å². The maximum atomic E-state index is 10.7. The number of benzene rings is 2. The topological polar surface area (TPSA) is 59.0 Å². The summed E-state index contributed by atoms with van der Waals surface area (Å²) < 4.78 is 11.2. The Morgan fingerprint density at radius 1 is 0.897 bits per heavy atom. The Bertz CT molecular complexity index is 821. The number of nitrogens with zero attached hydrogens (tertiary/aromatic N) is 1. The van der Waals surface area contributed by atoms with Gasteiger partial charge in [-0.3, -0.25) is 4.90 Å². The van der Waals surface area contributed by atoms with E-state index in [1.807, 2.05) is 0 Å². The van der Waals surface area contributed by atoms with E-state index in [-0.39, 0.29) is 6.10 Å². The lowest BCUT2D eigenvalue weighted by Gasteiger charge is -2.31. The molecule has 5 nitrogen and oxygen atoms in total. The lowest BCUT2D eigenvalue weighted by molar-refractivity contribution is 0.0185. The van der Waals surface area contributed by atoms with E-state index in [0.29, 0.717) is 6.10 Å². The fourth-order valence-corrected chi connectivity index (χ4v) is 4.58. The number of ether oxygens (including phenoxy) is 2. The zero-order valence-electron chi connectivity index (χ0n) is 17.0. The fourth-order valence-electron chi connectivity index (χ4n) is 4.58. The van der Waals surface area contributed by atoms with Crippen LogP contribution >= 0.6 is 0 Å². The van der Waals surface area contributed by atoms with Gasteiger partial charge in [-0.15, -0.1) is 0 Å². The molecule has 2 aliphatic rings. The second-order valence-corrected chi connectivity index (χ2v) is 8.43. The molecule has 0 atom stereocenters. The summed E-state index contributed by atoms with van der Waals surface area (Å²) in [5, 5.41) is 11.2. The lowest BCUT2D eigenvalue weighted by atomic mass is 10.0. The quantitative estimate of drug-likeness (QED) is 0.526. The van der Waals surface area contributed by atoms with E-state index in [9.17, 15) is 4.79 Å². The van der Waals surface area contributed by atoms with Crippen LogP contribution in [0.3, 0.4) is 0 Å². The maximum Gasteiger partial charge on any atom is 0.506 e. The normalized spacial score (nSPS) is 19.7. The summed E-state index contributed by atoms with van der Waals surface area (Å²) in [7, 11) is 0. The summed E-state index contributed by atoms with van der Waals surface area (Å²) in [4.78, 5) is 13.0. The Morgan fingerprint density at radius 2 is 1.59 bits per heavy atom. The van der Waals surface area contributed by atoms with E-state index in [0.717, 1.165) is 38.2 Å². The summed E-state index contributed by atoms with van der Waals surface area (Å²) in [6, 6.07) is 13.1. The molecule has 0 aromatic heterocycles. The van der Waals surface area contributed by atoms with Crippen molar-refractivity contribution in [3.63, 3.8) is 0 Å². The number of rotatable bonds is 5. The monoisotopic (exact) mass is 397 g/mol. The molecule has 29 heavy (non-hydrogen) atoms. The van der Waals surface area contributed by atoms with Crippen molar-refractivity contribution in [2.75, 3.05) is 13.1 Å². The summed E-state index contributed by atoms with van der Waals surface area (Å²) in [5.41, 5.74) is 1.28. The second-order valence-electron chi connectivity index (χ2n) is 8.43. The van der Waals surface area contributed by atoms with Gasteiger partial charge >= 0.3 is 6.16 Å². The molecule has 1 N–H and O–H groups in total. The van der Waals surface area contributed by atoms with Gasteiger partial charge in [0.05, 0.1) is 6.10 Å². The van der Waals surface area contributed by atoms with Crippen LogP contribution in [-0.2, 0) is 11.3 Å². The van der Waals surface area contributed by atoms with E-state index in [1.165, 1.54) is 54.9 Å². The standard InChI is InChI=1S/C24H31NO4/c26-24(27)29-22-11-13-25(14-12-22)17-18-7-8-20-16-23(10-9-19(20)15-18)28-21-5-3-1-2-4-6-21/h7-10,15-16,21-22H,1-6,11-14,17H2,(H,26,27). The van der Waals surface area contributed by atoms with Crippen LogP contribution in [0.4, 0.5) is 4.79 Å². The van der Waals surface area contributed by atoms with Crippen LogP contribution in [-0.4, -0.2) is 41.5 Å². The molecule has 5 heteroatoms.